The van der Waals surface area contributed by atoms with Crippen LogP contribution in [-0.4, -0.2) is 22.5 Å². The van der Waals surface area contributed by atoms with Crippen molar-refractivity contribution in [1.29, 1.82) is 0 Å². The molecule has 0 aliphatic heterocycles. The highest BCUT2D eigenvalue weighted by molar-refractivity contribution is 7.07. The number of nitrogens with one attached hydrogen (secondary N) is 3. The normalized spacial score (nSPS) is 10.5. The fourth-order valence-corrected chi connectivity index (χ4v) is 2.79. The number of hydrogen-bond acceptors (Lipinski definition) is 4. The predicted molar refractivity (Wildman–Crippen MR) is 95.7 cm³/mol. The van der Waals surface area contributed by atoms with Crippen molar-refractivity contribution < 1.29 is 9.59 Å². The van der Waals surface area contributed by atoms with E-state index in [4.69, 9.17) is 0 Å². The van der Waals surface area contributed by atoms with Gasteiger partial charge in [0.15, 0.2) is 0 Å². The number of benzene rings is 1. The number of thiazole rings is 1. The van der Waals surface area contributed by atoms with Gasteiger partial charge in [-0.1, -0.05) is 23.5 Å². The van der Waals surface area contributed by atoms with E-state index in [2.05, 4.69) is 16.0 Å². The molecule has 2 rings (SSSR count). The molecule has 0 radical (unpaired) electrons. The van der Waals surface area contributed by atoms with Crippen LogP contribution in [0.3, 0.4) is 0 Å². The molecular weight excluding hydrogens is 328 g/mol. The van der Waals surface area contributed by atoms with Gasteiger partial charge in [0.2, 0.25) is 5.91 Å². The van der Waals surface area contributed by atoms with Crippen LogP contribution in [0.2, 0.25) is 0 Å². The molecule has 7 nitrogen and oxygen atoms in total. The second-order valence-electron chi connectivity index (χ2n) is 5.58. The zero-order chi connectivity index (χ0) is 17.7. The Bertz CT molecular complexity index is 795. The summed E-state index contributed by atoms with van der Waals surface area (Å²) in [6.45, 7) is 5.42. The Morgan fingerprint density at radius 1 is 1.17 bits per heavy atom. The Labute approximate surface area is 143 Å². The fourth-order valence-electron chi connectivity index (χ4n) is 2.05. The van der Waals surface area contributed by atoms with Crippen LogP contribution in [0.25, 0.3) is 0 Å². The molecule has 8 heteroatoms. The number of rotatable bonds is 5. The third-order valence-electron chi connectivity index (χ3n) is 3.15. The van der Waals surface area contributed by atoms with Gasteiger partial charge >= 0.3 is 10.9 Å². The standard InChI is InChI=1S/C16H20N4O3S/c1-10(2)17-15(22)19-13-7-5-4-6-12(13)18-14(21)8-20-11(3)9-24-16(20)23/h4-7,9-10H,8H2,1-3H3,(H,18,21)(H2,17,19,22). The summed E-state index contributed by atoms with van der Waals surface area (Å²) in [5.74, 6) is -0.336. The van der Waals surface area contributed by atoms with Gasteiger partial charge in [0, 0.05) is 17.1 Å². The molecule has 0 atom stereocenters. The molecule has 128 valence electrons. The zero-order valence-electron chi connectivity index (χ0n) is 13.8. The Morgan fingerprint density at radius 3 is 2.33 bits per heavy atom. The van der Waals surface area contributed by atoms with Gasteiger partial charge in [0.05, 0.1) is 11.4 Å². The first-order valence-electron chi connectivity index (χ1n) is 7.48. The van der Waals surface area contributed by atoms with Crippen LogP contribution in [0.1, 0.15) is 19.5 Å². The number of aryl methyl sites for hydroxylation is 1. The summed E-state index contributed by atoms with van der Waals surface area (Å²) in [6, 6.07) is 6.54. The van der Waals surface area contributed by atoms with Crippen LogP contribution in [0.4, 0.5) is 16.2 Å². The van der Waals surface area contributed by atoms with E-state index in [1.807, 2.05) is 13.8 Å². The minimum atomic E-state index is -0.350. The first-order valence-corrected chi connectivity index (χ1v) is 8.36. The van der Waals surface area contributed by atoms with Crippen molar-refractivity contribution in [1.82, 2.24) is 9.88 Å². The number of carbonyl (C=O) groups is 2. The molecule has 3 amide bonds. The second kappa shape index (κ2) is 7.78. The Kier molecular flexibility index (Phi) is 5.75. The maximum Gasteiger partial charge on any atom is 0.319 e. The minimum Gasteiger partial charge on any atom is -0.336 e. The molecule has 0 saturated carbocycles. The number of urea groups is 1. The van der Waals surface area contributed by atoms with Crippen LogP contribution in [0.15, 0.2) is 34.4 Å². The number of carbonyl (C=O) groups excluding carboxylic acids is 2. The summed E-state index contributed by atoms with van der Waals surface area (Å²) in [7, 11) is 0. The lowest BCUT2D eigenvalue weighted by molar-refractivity contribution is -0.116. The summed E-state index contributed by atoms with van der Waals surface area (Å²) in [4.78, 5) is 35.5. The molecule has 0 bridgehead atoms. The lowest BCUT2D eigenvalue weighted by Gasteiger charge is -2.14. The van der Waals surface area contributed by atoms with E-state index < -0.39 is 0 Å². The van der Waals surface area contributed by atoms with Crippen LogP contribution >= 0.6 is 11.3 Å². The molecule has 0 fully saturated rings. The predicted octanol–water partition coefficient (Wildman–Crippen LogP) is 2.39. The Hall–Kier alpha value is -2.61. The fraction of sp³-hybridized carbons (Fsp3) is 0.312. The molecule has 0 aliphatic carbocycles. The van der Waals surface area contributed by atoms with Crippen LogP contribution in [0, 0.1) is 6.92 Å². The van der Waals surface area contributed by atoms with Crippen molar-refractivity contribution in [2.75, 3.05) is 10.6 Å². The van der Waals surface area contributed by atoms with E-state index >= 15 is 0 Å². The zero-order valence-corrected chi connectivity index (χ0v) is 14.6. The van der Waals surface area contributed by atoms with E-state index in [1.54, 1.807) is 36.6 Å². The third-order valence-corrected chi connectivity index (χ3v) is 4.03. The molecule has 0 saturated heterocycles. The second-order valence-corrected chi connectivity index (χ2v) is 6.40. The monoisotopic (exact) mass is 348 g/mol. The summed E-state index contributed by atoms with van der Waals surface area (Å²) in [6.07, 6.45) is 0. The average Bonchev–Trinajstić information content (AvgIpc) is 2.80. The summed E-state index contributed by atoms with van der Waals surface area (Å²) in [5, 5.41) is 9.85. The maximum atomic E-state index is 12.2. The van der Waals surface area contributed by atoms with E-state index in [0.717, 1.165) is 17.0 Å². The largest absolute Gasteiger partial charge is 0.336 e. The number of para-hydroxylation sites is 2. The lowest BCUT2D eigenvalue weighted by Crippen LogP contribution is -2.34. The van der Waals surface area contributed by atoms with Crippen LogP contribution in [-0.2, 0) is 11.3 Å². The van der Waals surface area contributed by atoms with E-state index in [9.17, 15) is 14.4 Å². The SMILES string of the molecule is Cc1csc(=O)n1CC(=O)Nc1ccccc1NC(=O)NC(C)C. The van der Waals surface area contributed by atoms with Crippen LogP contribution in [0.5, 0.6) is 0 Å². The van der Waals surface area contributed by atoms with Crippen molar-refractivity contribution in [3.63, 3.8) is 0 Å². The van der Waals surface area contributed by atoms with Gasteiger partial charge in [0.1, 0.15) is 6.54 Å². The average molecular weight is 348 g/mol. The molecule has 0 spiro atoms. The first-order chi connectivity index (χ1) is 11.4. The van der Waals surface area contributed by atoms with Gasteiger partial charge in [0.25, 0.3) is 0 Å². The minimum absolute atomic E-state index is 0.000180. The molecule has 0 unspecified atom stereocenters. The Balaban J connectivity index is 2.08. The molecule has 0 aliphatic rings. The van der Waals surface area contributed by atoms with Gasteiger partial charge in [-0.05, 0) is 32.9 Å². The van der Waals surface area contributed by atoms with Gasteiger partial charge in [-0.25, -0.2) is 4.79 Å². The highest BCUT2D eigenvalue weighted by Gasteiger charge is 2.12. The smallest absolute Gasteiger partial charge is 0.319 e. The molecule has 1 heterocycles. The summed E-state index contributed by atoms with van der Waals surface area (Å²) in [5.41, 5.74) is 1.70. The Morgan fingerprint density at radius 2 is 1.79 bits per heavy atom. The number of aromatic nitrogens is 1. The van der Waals surface area contributed by atoms with Crippen molar-refractivity contribution in [3.05, 3.63) is 45.0 Å². The molecule has 2 aromatic rings. The van der Waals surface area contributed by atoms with Crippen molar-refractivity contribution in [2.24, 2.45) is 0 Å². The van der Waals surface area contributed by atoms with Crippen LogP contribution < -0.4 is 20.8 Å². The van der Waals surface area contributed by atoms with Crippen molar-refractivity contribution >= 4 is 34.6 Å². The van der Waals surface area contributed by atoms with E-state index in [-0.39, 0.29) is 29.4 Å². The number of amides is 3. The van der Waals surface area contributed by atoms with Crippen molar-refractivity contribution in [3.8, 4) is 0 Å². The summed E-state index contributed by atoms with van der Waals surface area (Å²) < 4.78 is 1.40. The molecular formula is C16H20N4O3S. The number of nitrogens with zero attached hydrogens (tertiary/aromatic N) is 1. The first kappa shape index (κ1) is 17.7. The molecule has 3 N–H and O–H groups in total. The highest BCUT2D eigenvalue weighted by Crippen LogP contribution is 2.21. The number of hydrogen-bond donors (Lipinski definition) is 3. The maximum absolute atomic E-state index is 12.2. The molecule has 1 aromatic heterocycles. The van der Waals surface area contributed by atoms with Gasteiger partial charge in [-0.2, -0.15) is 0 Å². The quantitative estimate of drug-likeness (QED) is 0.774. The lowest BCUT2D eigenvalue weighted by atomic mass is 10.2. The van der Waals surface area contributed by atoms with E-state index in [0.29, 0.717) is 11.4 Å². The van der Waals surface area contributed by atoms with Gasteiger partial charge in [-0.3, -0.25) is 14.2 Å². The topological polar surface area (TPSA) is 92.2 Å². The number of anilines is 2. The van der Waals surface area contributed by atoms with E-state index in [1.165, 1.54) is 4.57 Å². The molecule has 24 heavy (non-hydrogen) atoms. The third kappa shape index (κ3) is 4.69. The van der Waals surface area contributed by atoms with Crippen molar-refractivity contribution in [2.45, 2.75) is 33.4 Å². The molecule has 1 aromatic carbocycles. The van der Waals surface area contributed by atoms with Gasteiger partial charge < -0.3 is 16.0 Å². The summed E-state index contributed by atoms with van der Waals surface area (Å²) >= 11 is 1.06. The highest BCUT2D eigenvalue weighted by atomic mass is 32.1. The van der Waals surface area contributed by atoms with Gasteiger partial charge in [-0.15, -0.1) is 0 Å².